The molecule has 0 aliphatic heterocycles. The Morgan fingerprint density at radius 2 is 2.00 bits per heavy atom. The van der Waals surface area contributed by atoms with Gasteiger partial charge in [0.1, 0.15) is 12.7 Å². The Labute approximate surface area is 193 Å². The number of thioether (sulfide) groups is 1. The summed E-state index contributed by atoms with van der Waals surface area (Å²) >= 11 is 4.88. The first-order chi connectivity index (χ1) is 14.6. The first-order valence-electron chi connectivity index (χ1n) is 9.07. The normalized spacial score (nSPS) is 11.8. The summed E-state index contributed by atoms with van der Waals surface area (Å²) in [5.41, 5.74) is 2.39. The van der Waals surface area contributed by atoms with Crippen molar-refractivity contribution in [3.8, 4) is 11.8 Å². The lowest BCUT2D eigenvalue weighted by Crippen LogP contribution is -2.19. The van der Waals surface area contributed by atoms with Gasteiger partial charge < -0.3 is 4.18 Å². The van der Waals surface area contributed by atoms with Gasteiger partial charge in [-0.1, -0.05) is 18.2 Å². The Morgan fingerprint density at radius 1 is 1.26 bits per heavy atom. The molecule has 31 heavy (non-hydrogen) atoms. The predicted molar refractivity (Wildman–Crippen MR) is 122 cm³/mol. The second-order valence-electron chi connectivity index (χ2n) is 7.33. The van der Waals surface area contributed by atoms with E-state index in [1.54, 1.807) is 41.0 Å². The van der Waals surface area contributed by atoms with Crippen LogP contribution < -0.4 is 9.32 Å². The maximum Gasteiger partial charge on any atom is 0.380 e. The standard InChI is InChI=1S/C20H20BrN5O3S2/c1-20(2,11-22)16-6-14(9-26-13-24-12-25-26)5-15(7-16)10-30-17-3-4-19(18(21)8-17)29-31(23,27)28/h3-8,12-13H,9-10H2,1-2H3,(H2,23,27,28). The smallest absolute Gasteiger partial charge is 0.370 e. The fourth-order valence-corrected chi connectivity index (χ4v) is 4.77. The SMILES string of the molecule is CC(C)(C#N)c1cc(CSc2ccc(OS(N)(=O)=O)c(Br)c2)cc(Cn2cncn2)c1. The fourth-order valence-electron chi connectivity index (χ4n) is 2.79. The van der Waals surface area contributed by atoms with E-state index in [1.165, 1.54) is 6.33 Å². The van der Waals surface area contributed by atoms with Crippen molar-refractivity contribution in [1.29, 1.82) is 5.26 Å². The summed E-state index contributed by atoms with van der Waals surface area (Å²) in [6.07, 6.45) is 3.14. The number of halogens is 1. The summed E-state index contributed by atoms with van der Waals surface area (Å²) in [7, 11) is -4.09. The largest absolute Gasteiger partial charge is 0.380 e. The van der Waals surface area contributed by atoms with Crippen LogP contribution in [-0.4, -0.2) is 23.2 Å². The molecule has 0 aliphatic rings. The van der Waals surface area contributed by atoms with Crippen LogP contribution in [0.15, 0.2) is 58.4 Å². The maximum atomic E-state index is 11.1. The van der Waals surface area contributed by atoms with Gasteiger partial charge in [-0.25, -0.2) is 9.67 Å². The molecular weight excluding hydrogens is 502 g/mol. The molecule has 0 unspecified atom stereocenters. The molecule has 1 heterocycles. The van der Waals surface area contributed by atoms with Crippen molar-refractivity contribution in [2.45, 2.75) is 36.5 Å². The average molecular weight is 522 g/mol. The van der Waals surface area contributed by atoms with E-state index in [9.17, 15) is 13.7 Å². The third-order valence-electron chi connectivity index (χ3n) is 4.38. The third kappa shape index (κ3) is 6.54. The minimum Gasteiger partial charge on any atom is -0.370 e. The number of nitrogens with two attached hydrogens (primary N) is 1. The summed E-state index contributed by atoms with van der Waals surface area (Å²) in [6, 6.07) is 13.6. The molecule has 162 valence electrons. The van der Waals surface area contributed by atoms with Gasteiger partial charge in [-0.15, -0.1) is 11.8 Å². The summed E-state index contributed by atoms with van der Waals surface area (Å²) < 4.78 is 29.2. The van der Waals surface area contributed by atoms with Crippen molar-refractivity contribution in [3.63, 3.8) is 0 Å². The van der Waals surface area contributed by atoms with Crippen LogP contribution in [0.25, 0.3) is 0 Å². The van der Waals surface area contributed by atoms with E-state index < -0.39 is 15.7 Å². The second-order valence-corrected chi connectivity index (χ2v) is 10.4. The van der Waals surface area contributed by atoms with Crippen LogP contribution in [0.3, 0.4) is 0 Å². The molecule has 0 aliphatic carbocycles. The summed E-state index contributed by atoms with van der Waals surface area (Å²) in [4.78, 5) is 4.89. The Balaban J connectivity index is 1.82. The van der Waals surface area contributed by atoms with E-state index in [4.69, 9.17) is 9.32 Å². The number of nitriles is 1. The van der Waals surface area contributed by atoms with Crippen LogP contribution >= 0.6 is 27.7 Å². The van der Waals surface area contributed by atoms with Gasteiger partial charge in [0.15, 0.2) is 5.75 Å². The zero-order valence-corrected chi connectivity index (χ0v) is 20.0. The molecule has 3 aromatic rings. The lowest BCUT2D eigenvalue weighted by molar-refractivity contribution is 0.486. The van der Waals surface area contributed by atoms with Gasteiger partial charge in [0.2, 0.25) is 0 Å². The Kier molecular flexibility index (Phi) is 7.06. The number of aromatic nitrogens is 3. The Bertz CT molecular complexity index is 1220. The van der Waals surface area contributed by atoms with Gasteiger partial charge >= 0.3 is 10.3 Å². The topological polar surface area (TPSA) is 124 Å². The highest BCUT2D eigenvalue weighted by Gasteiger charge is 2.21. The van der Waals surface area contributed by atoms with Crippen molar-refractivity contribution in [1.82, 2.24) is 14.8 Å². The van der Waals surface area contributed by atoms with Gasteiger partial charge in [0, 0.05) is 10.6 Å². The molecule has 2 aromatic carbocycles. The van der Waals surface area contributed by atoms with Crippen LogP contribution in [0, 0.1) is 11.3 Å². The van der Waals surface area contributed by atoms with E-state index >= 15 is 0 Å². The van der Waals surface area contributed by atoms with E-state index in [0.29, 0.717) is 16.8 Å². The summed E-state index contributed by atoms with van der Waals surface area (Å²) in [5.74, 6) is 0.779. The average Bonchev–Trinajstić information content (AvgIpc) is 3.20. The molecule has 1 aromatic heterocycles. The van der Waals surface area contributed by atoms with Gasteiger partial charge in [-0.3, -0.25) is 0 Å². The number of benzene rings is 2. The van der Waals surface area contributed by atoms with Crippen LogP contribution in [0.5, 0.6) is 5.75 Å². The lowest BCUT2D eigenvalue weighted by atomic mass is 9.84. The minimum absolute atomic E-state index is 0.125. The van der Waals surface area contributed by atoms with Gasteiger partial charge in [-0.2, -0.15) is 23.9 Å². The number of hydrogen-bond donors (Lipinski definition) is 1. The minimum atomic E-state index is -4.09. The predicted octanol–water partition coefficient (Wildman–Crippen LogP) is 3.76. The van der Waals surface area contributed by atoms with Crippen molar-refractivity contribution >= 4 is 38.0 Å². The zero-order valence-electron chi connectivity index (χ0n) is 16.8. The highest BCUT2D eigenvalue weighted by atomic mass is 79.9. The van der Waals surface area contributed by atoms with E-state index in [-0.39, 0.29) is 5.75 Å². The van der Waals surface area contributed by atoms with Crippen LogP contribution in [0.1, 0.15) is 30.5 Å². The van der Waals surface area contributed by atoms with Crippen molar-refractivity contribution < 1.29 is 12.6 Å². The number of rotatable bonds is 8. The highest BCUT2D eigenvalue weighted by Crippen LogP contribution is 2.33. The summed E-state index contributed by atoms with van der Waals surface area (Å²) in [5, 5.41) is 18.7. The molecule has 2 N–H and O–H groups in total. The quantitative estimate of drug-likeness (QED) is 0.447. The van der Waals surface area contributed by atoms with Crippen molar-refractivity contribution in [2.24, 2.45) is 5.14 Å². The fraction of sp³-hybridized carbons (Fsp3) is 0.250. The zero-order chi connectivity index (χ0) is 22.6. The maximum absolute atomic E-state index is 11.1. The van der Waals surface area contributed by atoms with Crippen molar-refractivity contribution in [2.75, 3.05) is 0 Å². The Hall–Kier alpha value is -2.39. The number of hydrogen-bond acceptors (Lipinski definition) is 7. The van der Waals surface area contributed by atoms with Gasteiger partial charge in [0.05, 0.1) is 22.5 Å². The molecular formula is C20H20BrN5O3S2. The second kappa shape index (κ2) is 9.40. The highest BCUT2D eigenvalue weighted by molar-refractivity contribution is 9.10. The van der Waals surface area contributed by atoms with E-state index in [2.05, 4.69) is 38.1 Å². The summed E-state index contributed by atoms with van der Waals surface area (Å²) in [6.45, 7) is 4.33. The first-order valence-corrected chi connectivity index (χ1v) is 12.3. The molecule has 0 atom stereocenters. The van der Waals surface area contributed by atoms with Gasteiger partial charge in [-0.05, 0) is 64.7 Å². The number of nitrogens with zero attached hydrogens (tertiary/aromatic N) is 4. The molecule has 8 nitrogen and oxygen atoms in total. The Morgan fingerprint density at radius 3 is 2.61 bits per heavy atom. The monoisotopic (exact) mass is 521 g/mol. The third-order valence-corrected chi connectivity index (χ3v) is 6.48. The first kappa shape index (κ1) is 23.3. The van der Waals surface area contributed by atoms with Crippen LogP contribution in [0.4, 0.5) is 0 Å². The van der Waals surface area contributed by atoms with Crippen LogP contribution in [0.2, 0.25) is 0 Å². The molecule has 0 bridgehead atoms. The molecule has 0 saturated heterocycles. The van der Waals surface area contributed by atoms with Gasteiger partial charge in [0.25, 0.3) is 0 Å². The van der Waals surface area contributed by atoms with Crippen LogP contribution in [-0.2, 0) is 28.0 Å². The molecule has 0 saturated carbocycles. The molecule has 3 rings (SSSR count). The molecule has 0 amide bonds. The lowest BCUT2D eigenvalue weighted by Gasteiger charge is -2.19. The molecule has 0 spiro atoms. The van der Waals surface area contributed by atoms with E-state index in [1.807, 2.05) is 26.0 Å². The van der Waals surface area contributed by atoms with Crippen molar-refractivity contribution in [3.05, 3.63) is 70.2 Å². The van der Waals surface area contributed by atoms with E-state index in [0.717, 1.165) is 21.6 Å². The molecule has 0 fully saturated rings. The molecule has 0 radical (unpaired) electrons. The molecule has 11 heteroatoms.